The van der Waals surface area contributed by atoms with Crippen molar-refractivity contribution < 1.29 is 4.74 Å². The molecule has 0 fully saturated rings. The summed E-state index contributed by atoms with van der Waals surface area (Å²) in [5.41, 5.74) is 2.52. The molecule has 0 aliphatic carbocycles. The fraction of sp³-hybridized carbons (Fsp3) is 0.214. The minimum Gasteiger partial charge on any atom is -0.473 e. The number of pyridine rings is 1. The molecule has 16 heavy (non-hydrogen) atoms. The maximum absolute atomic E-state index is 5.58. The van der Waals surface area contributed by atoms with Crippen LogP contribution < -0.4 is 4.74 Å². The molecule has 2 aromatic rings. The summed E-state index contributed by atoms with van der Waals surface area (Å²) in [5.74, 6) is 0.671. The molecule has 0 saturated carbocycles. The first-order valence-electron chi connectivity index (χ1n) is 5.50. The first kappa shape index (κ1) is 10.7. The minimum atomic E-state index is 0.574. The molecule has 0 atom stereocenters. The van der Waals surface area contributed by atoms with Crippen LogP contribution in [0.15, 0.2) is 48.7 Å². The molecule has 0 unspecified atom stereocenters. The second-order valence-electron chi connectivity index (χ2n) is 3.63. The molecule has 2 heteroatoms. The van der Waals surface area contributed by atoms with E-state index in [1.807, 2.05) is 18.2 Å². The van der Waals surface area contributed by atoms with Crippen LogP contribution in [0.4, 0.5) is 0 Å². The predicted molar refractivity (Wildman–Crippen MR) is 64.4 cm³/mol. The standard InChI is InChI=1S/C14H15NO/c1-2-12-6-5-7-13(10-12)11-16-14-8-3-4-9-15-14/h3-10H,2,11H2,1H3. The number of hydrogen-bond acceptors (Lipinski definition) is 2. The normalized spacial score (nSPS) is 10.1. The molecule has 2 rings (SSSR count). The lowest BCUT2D eigenvalue weighted by molar-refractivity contribution is 0.294. The third-order valence-electron chi connectivity index (χ3n) is 2.42. The lowest BCUT2D eigenvalue weighted by Gasteiger charge is -2.06. The topological polar surface area (TPSA) is 22.1 Å². The van der Waals surface area contributed by atoms with E-state index in [4.69, 9.17) is 4.74 Å². The van der Waals surface area contributed by atoms with Crippen LogP contribution in [0.1, 0.15) is 18.1 Å². The fourth-order valence-corrected chi connectivity index (χ4v) is 1.53. The van der Waals surface area contributed by atoms with E-state index in [2.05, 4.69) is 36.2 Å². The summed E-state index contributed by atoms with van der Waals surface area (Å²) in [6.45, 7) is 2.73. The van der Waals surface area contributed by atoms with E-state index >= 15 is 0 Å². The molecule has 0 bridgehead atoms. The van der Waals surface area contributed by atoms with Gasteiger partial charge >= 0.3 is 0 Å². The summed E-state index contributed by atoms with van der Waals surface area (Å²) in [7, 11) is 0. The smallest absolute Gasteiger partial charge is 0.213 e. The van der Waals surface area contributed by atoms with Gasteiger partial charge in [-0.25, -0.2) is 4.98 Å². The number of benzene rings is 1. The van der Waals surface area contributed by atoms with Crippen LogP contribution in [0.3, 0.4) is 0 Å². The van der Waals surface area contributed by atoms with Gasteiger partial charge in [0.2, 0.25) is 5.88 Å². The summed E-state index contributed by atoms with van der Waals surface area (Å²) in [4.78, 5) is 4.11. The van der Waals surface area contributed by atoms with E-state index in [1.165, 1.54) is 11.1 Å². The summed E-state index contributed by atoms with van der Waals surface area (Å²) in [6, 6.07) is 14.1. The van der Waals surface area contributed by atoms with E-state index in [9.17, 15) is 0 Å². The fourth-order valence-electron chi connectivity index (χ4n) is 1.53. The Labute approximate surface area is 95.9 Å². The second-order valence-corrected chi connectivity index (χ2v) is 3.63. The van der Waals surface area contributed by atoms with Crippen molar-refractivity contribution in [3.8, 4) is 5.88 Å². The zero-order valence-corrected chi connectivity index (χ0v) is 9.39. The Hall–Kier alpha value is -1.83. The van der Waals surface area contributed by atoms with Crippen LogP contribution in [-0.4, -0.2) is 4.98 Å². The number of aryl methyl sites for hydroxylation is 1. The van der Waals surface area contributed by atoms with Gasteiger partial charge in [-0.3, -0.25) is 0 Å². The van der Waals surface area contributed by atoms with Gasteiger partial charge in [0.1, 0.15) is 6.61 Å². The van der Waals surface area contributed by atoms with E-state index < -0.39 is 0 Å². The molecule has 0 aliphatic heterocycles. The highest BCUT2D eigenvalue weighted by atomic mass is 16.5. The van der Waals surface area contributed by atoms with Gasteiger partial charge in [0.05, 0.1) is 0 Å². The Balaban J connectivity index is 1.99. The van der Waals surface area contributed by atoms with Crippen molar-refractivity contribution in [1.82, 2.24) is 4.98 Å². The van der Waals surface area contributed by atoms with Gasteiger partial charge in [0.25, 0.3) is 0 Å². The third kappa shape index (κ3) is 2.83. The van der Waals surface area contributed by atoms with Crippen molar-refractivity contribution in [3.63, 3.8) is 0 Å². The highest BCUT2D eigenvalue weighted by Gasteiger charge is 1.97. The van der Waals surface area contributed by atoms with Crippen LogP contribution in [0.2, 0.25) is 0 Å². The molecule has 0 saturated heterocycles. The Morgan fingerprint density at radius 2 is 1.94 bits per heavy atom. The van der Waals surface area contributed by atoms with Gasteiger partial charge in [-0.1, -0.05) is 37.3 Å². The monoisotopic (exact) mass is 213 g/mol. The Morgan fingerprint density at radius 3 is 2.69 bits per heavy atom. The van der Waals surface area contributed by atoms with Crippen molar-refractivity contribution in [2.75, 3.05) is 0 Å². The molecule has 1 aromatic carbocycles. The molecule has 0 N–H and O–H groups in total. The van der Waals surface area contributed by atoms with Gasteiger partial charge in [-0.2, -0.15) is 0 Å². The molecule has 1 heterocycles. The largest absolute Gasteiger partial charge is 0.473 e. The quantitative estimate of drug-likeness (QED) is 0.778. The number of aromatic nitrogens is 1. The highest BCUT2D eigenvalue weighted by Crippen LogP contribution is 2.10. The maximum Gasteiger partial charge on any atom is 0.213 e. The van der Waals surface area contributed by atoms with Crippen LogP contribution in [0, 0.1) is 0 Å². The Bertz CT molecular complexity index is 439. The van der Waals surface area contributed by atoms with Crippen molar-refractivity contribution >= 4 is 0 Å². The van der Waals surface area contributed by atoms with E-state index in [1.54, 1.807) is 6.20 Å². The Kier molecular flexibility index (Phi) is 3.54. The molecule has 82 valence electrons. The van der Waals surface area contributed by atoms with Crippen LogP contribution in [0.25, 0.3) is 0 Å². The van der Waals surface area contributed by atoms with E-state index in [-0.39, 0.29) is 0 Å². The molecule has 0 spiro atoms. The van der Waals surface area contributed by atoms with Crippen LogP contribution in [0.5, 0.6) is 5.88 Å². The maximum atomic E-state index is 5.58. The molecule has 0 radical (unpaired) electrons. The average molecular weight is 213 g/mol. The summed E-state index contributed by atoms with van der Waals surface area (Å²) in [5, 5.41) is 0. The van der Waals surface area contributed by atoms with Crippen LogP contribution >= 0.6 is 0 Å². The summed E-state index contributed by atoms with van der Waals surface area (Å²) >= 11 is 0. The minimum absolute atomic E-state index is 0.574. The first-order chi connectivity index (χ1) is 7.88. The lowest BCUT2D eigenvalue weighted by atomic mass is 10.1. The van der Waals surface area contributed by atoms with Gasteiger partial charge in [-0.15, -0.1) is 0 Å². The van der Waals surface area contributed by atoms with Crippen molar-refractivity contribution in [3.05, 3.63) is 59.8 Å². The van der Waals surface area contributed by atoms with Gasteiger partial charge in [0, 0.05) is 12.3 Å². The molecule has 2 nitrogen and oxygen atoms in total. The number of hydrogen-bond donors (Lipinski definition) is 0. The Morgan fingerprint density at radius 1 is 1.06 bits per heavy atom. The first-order valence-corrected chi connectivity index (χ1v) is 5.50. The number of rotatable bonds is 4. The third-order valence-corrected chi connectivity index (χ3v) is 2.42. The molecule has 1 aromatic heterocycles. The molecule has 0 amide bonds. The molecular weight excluding hydrogens is 198 g/mol. The summed E-state index contributed by atoms with van der Waals surface area (Å²) in [6.07, 6.45) is 2.79. The second kappa shape index (κ2) is 5.31. The average Bonchev–Trinajstić information content (AvgIpc) is 2.38. The zero-order valence-electron chi connectivity index (χ0n) is 9.39. The predicted octanol–water partition coefficient (Wildman–Crippen LogP) is 3.22. The van der Waals surface area contributed by atoms with E-state index in [0.717, 1.165) is 6.42 Å². The zero-order chi connectivity index (χ0) is 11.2. The van der Waals surface area contributed by atoms with Crippen molar-refractivity contribution in [2.45, 2.75) is 20.0 Å². The lowest BCUT2D eigenvalue weighted by Crippen LogP contribution is -1.97. The van der Waals surface area contributed by atoms with Crippen molar-refractivity contribution in [2.24, 2.45) is 0 Å². The SMILES string of the molecule is CCc1cccc(COc2ccccn2)c1. The van der Waals surface area contributed by atoms with Crippen molar-refractivity contribution in [1.29, 1.82) is 0 Å². The van der Waals surface area contributed by atoms with Crippen LogP contribution in [-0.2, 0) is 13.0 Å². The number of nitrogens with zero attached hydrogens (tertiary/aromatic N) is 1. The number of ether oxygens (including phenoxy) is 1. The highest BCUT2D eigenvalue weighted by molar-refractivity contribution is 5.23. The van der Waals surface area contributed by atoms with Gasteiger partial charge in [-0.05, 0) is 23.6 Å². The summed E-state index contributed by atoms with van der Waals surface area (Å²) < 4.78 is 5.58. The molecular formula is C14H15NO. The molecule has 0 aliphatic rings. The van der Waals surface area contributed by atoms with E-state index in [0.29, 0.717) is 12.5 Å². The van der Waals surface area contributed by atoms with Gasteiger partial charge in [0.15, 0.2) is 0 Å². The van der Waals surface area contributed by atoms with Gasteiger partial charge < -0.3 is 4.74 Å².